The number of benzene rings is 4. The van der Waals surface area contributed by atoms with E-state index >= 15 is 0 Å². The van der Waals surface area contributed by atoms with E-state index in [4.69, 9.17) is 17.0 Å². The van der Waals surface area contributed by atoms with E-state index in [0.717, 1.165) is 15.9 Å². The summed E-state index contributed by atoms with van der Waals surface area (Å²) >= 11 is -0.826. The predicted molar refractivity (Wildman–Crippen MR) is 189 cm³/mol. The maximum Gasteiger partial charge on any atom is 0.0920 e. The number of hydrogen-bond donors (Lipinski definition) is 0. The van der Waals surface area contributed by atoms with Gasteiger partial charge in [-0.1, -0.05) is 119 Å². The van der Waals surface area contributed by atoms with Crippen LogP contribution in [0.3, 0.4) is 0 Å². The van der Waals surface area contributed by atoms with Crippen LogP contribution >= 0.6 is 17.0 Å². The van der Waals surface area contributed by atoms with Crippen molar-refractivity contribution in [3.63, 3.8) is 0 Å². The van der Waals surface area contributed by atoms with Gasteiger partial charge in [0.1, 0.15) is 0 Å². The van der Waals surface area contributed by atoms with Gasteiger partial charge < -0.3 is 0 Å². The standard InChI is InChI=1S/C27H35.C12H7Si.2ClH.Zr/c1-8-19(7)24-12-21-11-10-20(9-2)27(26(21)16-24)25-14-22(17(3)4)13-23(15-25)18(5)6;1-3-7-11-9(5-1)10-6-2-4-8-12(10)13-11;;;/h10-19H,8-9H2,1-7H3;1-7H;2*1H;/q2*-1;;;+4/p-2. The third kappa shape index (κ3) is 8.07. The third-order valence-electron chi connectivity index (χ3n) is 8.49. The molecule has 4 heteroatoms. The molecule has 1 heterocycles. The van der Waals surface area contributed by atoms with E-state index in [2.05, 4.69) is 133 Å². The van der Waals surface area contributed by atoms with Gasteiger partial charge in [0.2, 0.25) is 0 Å². The maximum absolute atomic E-state index is 4.93. The molecule has 0 N–H and O–H groups in total. The first kappa shape index (κ1) is 34.1. The largest absolute Gasteiger partial charge is 0.184 e. The molecule has 1 aliphatic rings. The van der Waals surface area contributed by atoms with Crippen molar-refractivity contribution >= 4 is 47.7 Å². The molecule has 0 spiro atoms. The summed E-state index contributed by atoms with van der Waals surface area (Å²) in [6.45, 7) is 16.1. The first-order valence-corrected chi connectivity index (χ1v) is 22.8. The summed E-state index contributed by atoms with van der Waals surface area (Å²) in [6, 6.07) is 35.0. The van der Waals surface area contributed by atoms with Gasteiger partial charge in [-0.05, 0) is 40.9 Å². The predicted octanol–water partition coefficient (Wildman–Crippen LogP) is 11.0. The third-order valence-corrected chi connectivity index (χ3v) is 9.86. The number of fused-ring (bicyclic) bond motifs is 4. The van der Waals surface area contributed by atoms with Gasteiger partial charge >= 0.3 is 37.9 Å². The van der Waals surface area contributed by atoms with Gasteiger partial charge in [0, 0.05) is 0 Å². The van der Waals surface area contributed by atoms with Crippen LogP contribution in [0.25, 0.3) is 33.0 Å². The first-order valence-electron chi connectivity index (χ1n) is 15.4. The van der Waals surface area contributed by atoms with E-state index in [1.54, 1.807) is 0 Å². The Morgan fingerprint density at radius 2 is 1.47 bits per heavy atom. The monoisotopic (exact) mass is 698 g/mol. The van der Waals surface area contributed by atoms with E-state index in [9.17, 15) is 0 Å². The molecule has 0 aliphatic carbocycles. The molecule has 5 aromatic rings. The Morgan fingerprint density at radius 1 is 0.814 bits per heavy atom. The summed E-state index contributed by atoms with van der Waals surface area (Å²) in [5.74, 6) is 1.70. The van der Waals surface area contributed by atoms with Crippen LogP contribution in [0.4, 0.5) is 0 Å². The Labute approximate surface area is 281 Å². The van der Waals surface area contributed by atoms with Crippen molar-refractivity contribution < 1.29 is 20.8 Å². The summed E-state index contributed by atoms with van der Waals surface area (Å²) in [5, 5.41) is 5.64. The zero-order chi connectivity index (χ0) is 31.1. The van der Waals surface area contributed by atoms with Gasteiger partial charge in [0.15, 0.2) is 0 Å². The second-order valence-electron chi connectivity index (χ2n) is 12.0. The molecule has 0 nitrogen and oxygen atoms in total. The Morgan fingerprint density at radius 3 is 2.09 bits per heavy atom. The van der Waals surface area contributed by atoms with Crippen molar-refractivity contribution in [1.29, 1.82) is 0 Å². The van der Waals surface area contributed by atoms with Crippen molar-refractivity contribution in [2.24, 2.45) is 0 Å². The van der Waals surface area contributed by atoms with Crippen LogP contribution in [0.15, 0.2) is 84.9 Å². The fourth-order valence-corrected chi connectivity index (χ4v) is 7.03. The molecule has 1 aliphatic heterocycles. The normalized spacial score (nSPS) is 12.2. The number of hydrogen-bond acceptors (Lipinski definition) is 0. The van der Waals surface area contributed by atoms with E-state index < -0.39 is 20.8 Å². The Balaban J connectivity index is 0.000000217. The zero-order valence-corrected chi connectivity index (χ0v) is 31.5. The summed E-state index contributed by atoms with van der Waals surface area (Å²) < 4.78 is 0. The van der Waals surface area contributed by atoms with E-state index in [0.29, 0.717) is 17.8 Å². The van der Waals surface area contributed by atoms with Crippen LogP contribution in [-0.2, 0) is 27.3 Å². The first-order chi connectivity index (χ1) is 20.7. The van der Waals surface area contributed by atoms with Crippen molar-refractivity contribution in [1.82, 2.24) is 0 Å². The van der Waals surface area contributed by atoms with Crippen LogP contribution in [0.5, 0.6) is 0 Å². The van der Waals surface area contributed by atoms with Gasteiger partial charge in [-0.25, -0.2) is 0 Å². The minimum absolute atomic E-state index is 0.544. The topological polar surface area (TPSA) is 0 Å². The maximum atomic E-state index is 4.93. The molecule has 43 heavy (non-hydrogen) atoms. The average Bonchev–Trinajstić information content (AvgIpc) is 3.62. The minimum atomic E-state index is -0.826. The molecule has 6 rings (SSSR count). The summed E-state index contributed by atoms with van der Waals surface area (Å²) in [6.07, 6.45) is 2.25. The fourth-order valence-electron chi connectivity index (χ4n) is 5.72. The Kier molecular flexibility index (Phi) is 12.6. The molecular formula is C39H42Cl2SiZr. The smallest absolute Gasteiger partial charge is 0.0920 e. The van der Waals surface area contributed by atoms with Crippen molar-refractivity contribution in [3.05, 3.63) is 113 Å². The van der Waals surface area contributed by atoms with Crippen LogP contribution in [0.1, 0.15) is 94.9 Å². The molecule has 1 unspecified atom stereocenters. The average molecular weight is 701 g/mol. The van der Waals surface area contributed by atoms with Gasteiger partial charge in [0.25, 0.3) is 0 Å². The molecule has 220 valence electrons. The van der Waals surface area contributed by atoms with E-state index in [1.807, 2.05) is 6.07 Å². The van der Waals surface area contributed by atoms with Crippen LogP contribution in [-0.4, -0.2) is 9.52 Å². The Hall–Kier alpha value is -1.83. The molecule has 0 saturated heterocycles. The molecule has 1 atom stereocenters. The van der Waals surface area contributed by atoms with Gasteiger partial charge in [0.05, 0.1) is 9.52 Å². The van der Waals surface area contributed by atoms with Crippen molar-refractivity contribution in [2.45, 2.75) is 79.1 Å². The zero-order valence-electron chi connectivity index (χ0n) is 26.5. The summed E-state index contributed by atoms with van der Waals surface area (Å²) in [5.41, 5.74) is 11.4. The number of halogens is 2. The quantitative estimate of drug-likeness (QED) is 0.120. The summed E-state index contributed by atoms with van der Waals surface area (Å²) in [4.78, 5) is 0. The second-order valence-corrected chi connectivity index (χ2v) is 17.0. The van der Waals surface area contributed by atoms with Gasteiger partial charge in [-0.15, -0.1) is 40.1 Å². The molecular weight excluding hydrogens is 659 g/mol. The molecule has 0 amide bonds. The van der Waals surface area contributed by atoms with Crippen LogP contribution in [0.2, 0.25) is 0 Å². The van der Waals surface area contributed by atoms with E-state index in [1.165, 1.54) is 72.1 Å². The van der Waals surface area contributed by atoms with Crippen LogP contribution in [0, 0.1) is 6.07 Å². The van der Waals surface area contributed by atoms with Gasteiger partial charge in [-0.3, -0.25) is 0 Å². The summed E-state index contributed by atoms with van der Waals surface area (Å²) in [7, 11) is 10.7. The fraction of sp³-hybridized carbons (Fsp3) is 0.308. The molecule has 2 radical (unpaired) electrons. The molecule has 0 saturated carbocycles. The number of rotatable bonds is 6. The van der Waals surface area contributed by atoms with Gasteiger partial charge in [-0.2, -0.15) is 35.5 Å². The van der Waals surface area contributed by atoms with Crippen molar-refractivity contribution in [3.8, 4) is 22.3 Å². The van der Waals surface area contributed by atoms with Crippen molar-refractivity contribution in [2.75, 3.05) is 0 Å². The second kappa shape index (κ2) is 15.9. The Bertz CT molecular complexity index is 1580. The van der Waals surface area contributed by atoms with Crippen LogP contribution < -0.4 is 10.4 Å². The molecule has 5 aromatic carbocycles. The molecule has 0 aromatic heterocycles. The minimum Gasteiger partial charge on any atom is -0.184 e. The SMILES string of the molecule is CCc1ccc2[cH-]c(C(C)CC)cc2c1-c1cc(C(C)C)cc(C(C)C)c1.[Cl][Zr+2][Cl].[c-]1cccc2c1[Si]c1ccccc1-2. The number of aryl methyl sites for hydroxylation is 1. The molecule has 0 bridgehead atoms. The van der Waals surface area contributed by atoms with E-state index in [-0.39, 0.29) is 0 Å². The molecule has 0 fully saturated rings.